The van der Waals surface area contributed by atoms with Crippen molar-refractivity contribution < 1.29 is 4.79 Å². The maximum atomic E-state index is 12.3. The number of nitrogens with zero attached hydrogens (tertiary/aromatic N) is 1. The molecule has 92 valence electrons. The summed E-state index contributed by atoms with van der Waals surface area (Å²) in [6.07, 6.45) is 5.23. The van der Waals surface area contributed by atoms with Gasteiger partial charge in [0.25, 0.3) is 0 Å². The fraction of sp³-hybridized carbons (Fsp3) is 0.923. The molecule has 2 N–H and O–H groups in total. The average Bonchev–Trinajstić information content (AvgIpc) is 3.08. The fourth-order valence-corrected chi connectivity index (χ4v) is 1.99. The van der Waals surface area contributed by atoms with E-state index >= 15 is 0 Å². The Balaban J connectivity index is 1.89. The van der Waals surface area contributed by atoms with E-state index in [0.29, 0.717) is 0 Å². The Kier molecular flexibility index (Phi) is 3.53. The van der Waals surface area contributed by atoms with Gasteiger partial charge in [0.05, 0.1) is 5.92 Å². The van der Waals surface area contributed by atoms with Crippen molar-refractivity contribution in [2.75, 3.05) is 13.1 Å². The topological polar surface area (TPSA) is 46.3 Å². The predicted octanol–water partition coefficient (Wildman–Crippen LogP) is 1.62. The van der Waals surface area contributed by atoms with Crippen LogP contribution in [0.3, 0.4) is 0 Å². The van der Waals surface area contributed by atoms with Gasteiger partial charge in [-0.15, -0.1) is 0 Å². The SMILES string of the molecule is CC(N)C(C)C(=O)N(CC1CC1)CC1CC1. The molecular formula is C13H24N2O. The van der Waals surface area contributed by atoms with Gasteiger partial charge in [-0.3, -0.25) is 4.79 Å². The lowest BCUT2D eigenvalue weighted by molar-refractivity contribution is -0.136. The molecule has 0 aromatic heterocycles. The highest BCUT2D eigenvalue weighted by Gasteiger charge is 2.33. The Labute approximate surface area is 98.4 Å². The normalized spacial score (nSPS) is 23.9. The largest absolute Gasteiger partial charge is 0.342 e. The third-order valence-corrected chi connectivity index (χ3v) is 3.84. The number of amides is 1. The summed E-state index contributed by atoms with van der Waals surface area (Å²) in [7, 11) is 0. The first-order valence-corrected chi connectivity index (χ1v) is 6.62. The Bertz CT molecular complexity index is 243. The second kappa shape index (κ2) is 4.74. The molecule has 2 saturated carbocycles. The zero-order valence-electron chi connectivity index (χ0n) is 10.5. The van der Waals surface area contributed by atoms with Crippen LogP contribution in [0.1, 0.15) is 39.5 Å². The Morgan fingerprint density at radius 2 is 1.62 bits per heavy atom. The van der Waals surface area contributed by atoms with Crippen LogP contribution in [0, 0.1) is 17.8 Å². The molecular weight excluding hydrogens is 200 g/mol. The zero-order valence-corrected chi connectivity index (χ0v) is 10.5. The van der Waals surface area contributed by atoms with Gasteiger partial charge in [0.2, 0.25) is 5.91 Å². The Hall–Kier alpha value is -0.570. The van der Waals surface area contributed by atoms with Crippen molar-refractivity contribution >= 4 is 5.91 Å². The molecule has 2 unspecified atom stereocenters. The minimum absolute atomic E-state index is 0.0301. The molecule has 2 rings (SSSR count). The van der Waals surface area contributed by atoms with Crippen molar-refractivity contribution in [2.45, 2.75) is 45.6 Å². The summed E-state index contributed by atoms with van der Waals surface area (Å²) in [4.78, 5) is 14.3. The number of carbonyl (C=O) groups is 1. The number of carbonyl (C=O) groups excluding carboxylic acids is 1. The summed E-state index contributed by atoms with van der Waals surface area (Å²) in [6.45, 7) is 5.84. The van der Waals surface area contributed by atoms with E-state index in [-0.39, 0.29) is 17.9 Å². The number of hydrogen-bond donors (Lipinski definition) is 1. The van der Waals surface area contributed by atoms with E-state index in [1.54, 1.807) is 0 Å². The van der Waals surface area contributed by atoms with Gasteiger partial charge < -0.3 is 10.6 Å². The standard InChI is InChI=1S/C13H24N2O/c1-9(10(2)14)13(16)15(7-11-3-4-11)8-12-5-6-12/h9-12H,3-8,14H2,1-2H3. The molecule has 0 aliphatic heterocycles. The minimum Gasteiger partial charge on any atom is -0.342 e. The lowest BCUT2D eigenvalue weighted by atomic mass is 10.0. The van der Waals surface area contributed by atoms with Crippen LogP contribution in [0.25, 0.3) is 0 Å². The van der Waals surface area contributed by atoms with Crippen LogP contribution >= 0.6 is 0 Å². The molecule has 2 fully saturated rings. The van der Waals surface area contributed by atoms with E-state index < -0.39 is 0 Å². The Morgan fingerprint density at radius 3 is 1.94 bits per heavy atom. The predicted molar refractivity (Wildman–Crippen MR) is 64.8 cm³/mol. The quantitative estimate of drug-likeness (QED) is 0.745. The third kappa shape index (κ3) is 3.21. The van der Waals surface area contributed by atoms with Crippen molar-refractivity contribution in [1.29, 1.82) is 0 Å². The zero-order chi connectivity index (χ0) is 11.7. The molecule has 3 nitrogen and oxygen atoms in total. The lowest BCUT2D eigenvalue weighted by Gasteiger charge is -2.27. The molecule has 3 heteroatoms. The summed E-state index contributed by atoms with van der Waals surface area (Å²) in [5.41, 5.74) is 5.82. The lowest BCUT2D eigenvalue weighted by Crippen LogP contribution is -2.43. The average molecular weight is 224 g/mol. The molecule has 0 aromatic carbocycles. The van der Waals surface area contributed by atoms with Crippen LogP contribution in [0.4, 0.5) is 0 Å². The summed E-state index contributed by atoms with van der Waals surface area (Å²) >= 11 is 0. The van der Waals surface area contributed by atoms with Gasteiger partial charge >= 0.3 is 0 Å². The highest BCUT2D eigenvalue weighted by molar-refractivity contribution is 5.79. The minimum atomic E-state index is -0.0339. The molecule has 0 heterocycles. The van der Waals surface area contributed by atoms with Gasteiger partial charge in [0.1, 0.15) is 0 Å². The van der Waals surface area contributed by atoms with Crippen LogP contribution in [0.5, 0.6) is 0 Å². The van der Waals surface area contributed by atoms with Crippen molar-refractivity contribution in [2.24, 2.45) is 23.5 Å². The van der Waals surface area contributed by atoms with Gasteiger partial charge in [-0.25, -0.2) is 0 Å². The number of hydrogen-bond acceptors (Lipinski definition) is 2. The molecule has 0 radical (unpaired) electrons. The van der Waals surface area contributed by atoms with Gasteiger partial charge in [0, 0.05) is 19.1 Å². The van der Waals surface area contributed by atoms with Crippen molar-refractivity contribution in [1.82, 2.24) is 4.90 Å². The summed E-state index contributed by atoms with van der Waals surface area (Å²) < 4.78 is 0. The van der Waals surface area contributed by atoms with E-state index in [4.69, 9.17) is 5.73 Å². The number of nitrogens with two attached hydrogens (primary N) is 1. The maximum absolute atomic E-state index is 12.3. The molecule has 2 aliphatic carbocycles. The molecule has 16 heavy (non-hydrogen) atoms. The maximum Gasteiger partial charge on any atom is 0.226 e. The van der Waals surface area contributed by atoms with Crippen LogP contribution in [0.2, 0.25) is 0 Å². The molecule has 0 saturated heterocycles. The van der Waals surface area contributed by atoms with Crippen LogP contribution in [-0.4, -0.2) is 29.9 Å². The second-order valence-electron chi connectivity index (χ2n) is 5.78. The summed E-state index contributed by atoms with van der Waals surface area (Å²) in [5, 5.41) is 0. The first-order valence-electron chi connectivity index (χ1n) is 6.62. The highest BCUT2D eigenvalue weighted by atomic mass is 16.2. The molecule has 2 aliphatic rings. The first-order chi connectivity index (χ1) is 7.58. The molecule has 2 atom stereocenters. The van der Waals surface area contributed by atoms with E-state index in [1.807, 2.05) is 13.8 Å². The monoisotopic (exact) mass is 224 g/mol. The van der Waals surface area contributed by atoms with Gasteiger partial charge in [-0.1, -0.05) is 6.92 Å². The van der Waals surface area contributed by atoms with Gasteiger partial charge in [-0.05, 0) is 44.4 Å². The van der Waals surface area contributed by atoms with Crippen LogP contribution in [-0.2, 0) is 4.79 Å². The molecule has 0 bridgehead atoms. The van der Waals surface area contributed by atoms with E-state index in [9.17, 15) is 4.79 Å². The second-order valence-corrected chi connectivity index (χ2v) is 5.78. The van der Waals surface area contributed by atoms with E-state index in [0.717, 1.165) is 24.9 Å². The molecule has 1 amide bonds. The Morgan fingerprint density at radius 1 is 1.19 bits per heavy atom. The van der Waals surface area contributed by atoms with Crippen LogP contribution < -0.4 is 5.73 Å². The fourth-order valence-electron chi connectivity index (χ4n) is 1.99. The third-order valence-electron chi connectivity index (χ3n) is 3.84. The van der Waals surface area contributed by atoms with Crippen LogP contribution in [0.15, 0.2) is 0 Å². The molecule has 0 spiro atoms. The summed E-state index contributed by atoms with van der Waals surface area (Å²) in [5.74, 6) is 1.80. The number of rotatable bonds is 6. The van der Waals surface area contributed by atoms with E-state index in [1.165, 1.54) is 25.7 Å². The van der Waals surface area contributed by atoms with Crippen molar-refractivity contribution in [3.05, 3.63) is 0 Å². The van der Waals surface area contributed by atoms with E-state index in [2.05, 4.69) is 4.90 Å². The smallest absolute Gasteiger partial charge is 0.226 e. The van der Waals surface area contributed by atoms with Crippen molar-refractivity contribution in [3.63, 3.8) is 0 Å². The highest BCUT2D eigenvalue weighted by Crippen LogP contribution is 2.34. The summed E-state index contributed by atoms with van der Waals surface area (Å²) in [6, 6.07) is -0.0339. The van der Waals surface area contributed by atoms with Crippen molar-refractivity contribution in [3.8, 4) is 0 Å². The van der Waals surface area contributed by atoms with Gasteiger partial charge in [-0.2, -0.15) is 0 Å². The molecule has 0 aromatic rings. The van der Waals surface area contributed by atoms with Gasteiger partial charge in [0.15, 0.2) is 0 Å². The first kappa shape index (κ1) is 11.9.